The molecule has 0 aliphatic rings. The average Bonchev–Trinajstić information content (AvgIpc) is 3.64. The van der Waals surface area contributed by atoms with Gasteiger partial charge in [0.1, 0.15) is 37.2 Å². The molecule has 0 amide bonds. The Morgan fingerprint density at radius 2 is 0.780 bits per heavy atom. The van der Waals surface area contributed by atoms with Crippen LogP contribution in [0, 0.1) is 0 Å². The van der Waals surface area contributed by atoms with Crippen molar-refractivity contribution in [2.75, 3.05) is 0 Å². The molecule has 0 aromatic carbocycles. The van der Waals surface area contributed by atoms with E-state index in [1.54, 1.807) is 0 Å². The number of imidazole rings is 3. The van der Waals surface area contributed by atoms with Gasteiger partial charge in [-0.15, -0.1) is 0 Å². The van der Waals surface area contributed by atoms with Gasteiger partial charge in [0.2, 0.25) is 0 Å². The molecule has 0 fully saturated rings. The maximum Gasteiger partial charge on any atom is 0.253 e. The number of phosphoric acid groups is 1. The largest absolute Gasteiger partial charge is 0.822 e. The lowest BCUT2D eigenvalue weighted by Gasteiger charge is -2.36. The summed E-state index contributed by atoms with van der Waals surface area (Å²) in [4.78, 5) is 35.4. The SMILES string of the molecule is CCCCCCc1[nH]cc[n+]1C.CCCCCCc1[nH]cc[n+]1C.CCCCCCc1[nH]cc[n+]1C.O=P([O-])([O-])[O-]. The van der Waals surface area contributed by atoms with Gasteiger partial charge in [-0.25, -0.2) is 28.7 Å². The van der Waals surface area contributed by atoms with Crippen LogP contribution in [0.1, 0.15) is 115 Å². The zero-order chi connectivity index (χ0) is 30.9. The van der Waals surface area contributed by atoms with Crippen molar-refractivity contribution in [3.63, 3.8) is 0 Å². The fourth-order valence-corrected chi connectivity index (χ4v) is 4.21. The number of aromatic nitrogens is 6. The van der Waals surface area contributed by atoms with Gasteiger partial charge in [0.15, 0.2) is 0 Å². The van der Waals surface area contributed by atoms with E-state index in [0.717, 1.165) is 0 Å². The lowest BCUT2D eigenvalue weighted by molar-refractivity contribution is -0.678. The van der Waals surface area contributed by atoms with Crippen molar-refractivity contribution in [1.29, 1.82) is 0 Å². The molecule has 0 aliphatic carbocycles. The normalized spacial score (nSPS) is 10.7. The number of rotatable bonds is 15. The first-order valence-corrected chi connectivity index (χ1v) is 16.8. The van der Waals surface area contributed by atoms with Gasteiger partial charge in [0, 0.05) is 19.3 Å². The quantitative estimate of drug-likeness (QED) is 0.141. The molecule has 3 N–H and O–H groups in total. The molecule has 0 radical (unpaired) electrons. The topological polar surface area (TPSA) is 145 Å². The van der Waals surface area contributed by atoms with Crippen LogP contribution >= 0.6 is 7.82 Å². The minimum atomic E-state index is -5.39. The maximum absolute atomic E-state index is 8.55. The van der Waals surface area contributed by atoms with Crippen LogP contribution in [-0.4, -0.2) is 15.0 Å². The molecule has 0 unspecified atom stereocenters. The Balaban J connectivity index is 0.000000541. The van der Waals surface area contributed by atoms with E-state index < -0.39 is 7.82 Å². The molecule has 0 saturated carbocycles. The number of hydrogen-bond donors (Lipinski definition) is 3. The second-order valence-corrected chi connectivity index (χ2v) is 11.3. The number of H-pyrrole nitrogens is 3. The third-order valence-electron chi connectivity index (χ3n) is 6.72. The number of hydrogen-bond acceptors (Lipinski definition) is 4. The van der Waals surface area contributed by atoms with Gasteiger partial charge in [-0.3, -0.25) is 0 Å². The summed E-state index contributed by atoms with van der Waals surface area (Å²) < 4.78 is 15.0. The predicted molar refractivity (Wildman–Crippen MR) is 157 cm³/mol. The van der Waals surface area contributed by atoms with E-state index in [0.29, 0.717) is 0 Å². The summed E-state index contributed by atoms with van der Waals surface area (Å²) in [5.74, 6) is 4.02. The van der Waals surface area contributed by atoms with Crippen molar-refractivity contribution in [1.82, 2.24) is 15.0 Å². The minimum absolute atomic E-state index is 1.18. The smallest absolute Gasteiger partial charge is 0.253 e. The third-order valence-corrected chi connectivity index (χ3v) is 6.72. The molecule has 0 spiro atoms. The molecular weight excluding hydrogens is 539 g/mol. The molecule has 10 nitrogen and oxygen atoms in total. The Hall–Kier alpha value is -2.26. The Labute approximate surface area is 248 Å². The first kappa shape index (κ1) is 38.7. The van der Waals surface area contributed by atoms with Gasteiger partial charge >= 0.3 is 0 Å². The Morgan fingerprint density at radius 1 is 0.537 bits per heavy atom. The summed E-state index contributed by atoms with van der Waals surface area (Å²) in [5.41, 5.74) is 0. The van der Waals surface area contributed by atoms with Gasteiger partial charge in [0.25, 0.3) is 17.5 Å². The molecule has 11 heteroatoms. The Morgan fingerprint density at radius 3 is 0.951 bits per heavy atom. The zero-order valence-electron chi connectivity index (χ0n) is 26.5. The summed E-state index contributed by atoms with van der Waals surface area (Å²) in [6.45, 7) is 6.73. The molecular formula is C30H57N6O4P. The molecule has 0 bridgehead atoms. The highest BCUT2D eigenvalue weighted by atomic mass is 31.2. The number of nitrogens with one attached hydrogen (secondary N) is 3. The highest BCUT2D eigenvalue weighted by molar-refractivity contribution is 7.40. The molecule has 0 saturated heterocycles. The fourth-order valence-electron chi connectivity index (χ4n) is 4.21. The van der Waals surface area contributed by atoms with Crippen LogP contribution in [0.15, 0.2) is 37.2 Å². The third kappa shape index (κ3) is 23.0. The van der Waals surface area contributed by atoms with E-state index in [1.165, 1.54) is 114 Å². The van der Waals surface area contributed by atoms with Crippen LogP contribution in [0.4, 0.5) is 0 Å². The maximum atomic E-state index is 8.55. The molecule has 0 aliphatic heterocycles. The zero-order valence-corrected chi connectivity index (χ0v) is 27.4. The molecule has 0 atom stereocenters. The van der Waals surface area contributed by atoms with Gasteiger partial charge in [0.05, 0.1) is 21.1 Å². The van der Waals surface area contributed by atoms with E-state index >= 15 is 0 Å². The Kier molecular flexibility index (Phi) is 23.0. The lowest BCUT2D eigenvalue weighted by Crippen LogP contribution is -2.30. The number of unbranched alkanes of at least 4 members (excludes halogenated alkanes) is 9. The summed E-state index contributed by atoms with van der Waals surface area (Å²) in [6.07, 6.45) is 31.8. The summed E-state index contributed by atoms with van der Waals surface area (Å²) in [6, 6.07) is 0. The molecule has 3 heterocycles. The van der Waals surface area contributed by atoms with E-state index in [1.807, 2.05) is 18.6 Å². The molecule has 3 rings (SSSR count). The van der Waals surface area contributed by atoms with Crippen LogP contribution in [0.5, 0.6) is 0 Å². The molecule has 41 heavy (non-hydrogen) atoms. The summed E-state index contributed by atoms with van der Waals surface area (Å²) in [5, 5.41) is 0. The van der Waals surface area contributed by atoms with Crippen molar-refractivity contribution in [2.24, 2.45) is 21.1 Å². The van der Waals surface area contributed by atoms with Crippen molar-refractivity contribution in [2.45, 2.75) is 117 Å². The minimum Gasteiger partial charge on any atom is -0.822 e. The first-order chi connectivity index (χ1) is 19.5. The van der Waals surface area contributed by atoms with E-state index in [2.05, 4.69) is 89.2 Å². The highest BCUT2D eigenvalue weighted by Crippen LogP contribution is 2.04. The summed E-state index contributed by atoms with van der Waals surface area (Å²) in [7, 11) is 0.878. The molecule has 3 aromatic heterocycles. The van der Waals surface area contributed by atoms with Crippen molar-refractivity contribution < 1.29 is 32.9 Å². The van der Waals surface area contributed by atoms with E-state index in [4.69, 9.17) is 19.2 Å². The monoisotopic (exact) mass is 596 g/mol. The van der Waals surface area contributed by atoms with Crippen molar-refractivity contribution in [3.8, 4) is 0 Å². The van der Waals surface area contributed by atoms with E-state index in [-0.39, 0.29) is 0 Å². The number of aromatic amines is 3. The first-order valence-electron chi connectivity index (χ1n) is 15.3. The van der Waals surface area contributed by atoms with Crippen LogP contribution < -0.4 is 28.4 Å². The number of nitrogens with zero attached hydrogens (tertiary/aromatic N) is 3. The Bertz CT molecular complexity index is 920. The molecule has 3 aromatic rings. The van der Waals surface area contributed by atoms with Crippen molar-refractivity contribution in [3.05, 3.63) is 54.7 Å². The van der Waals surface area contributed by atoms with Crippen LogP contribution in [0.3, 0.4) is 0 Å². The van der Waals surface area contributed by atoms with Crippen molar-refractivity contribution >= 4 is 7.82 Å². The average molecular weight is 597 g/mol. The van der Waals surface area contributed by atoms with Crippen LogP contribution in [-0.2, 0) is 45.0 Å². The lowest BCUT2D eigenvalue weighted by atomic mass is 10.1. The second-order valence-electron chi connectivity index (χ2n) is 10.4. The predicted octanol–water partition coefficient (Wildman–Crippen LogP) is 3.06. The standard InChI is InChI=1S/3C10H18N2.H3O4P/c3*1-3-4-5-6-7-10-11-8-9-12(10)2;1-5(2,3)4/h3*8-9H,3-7H2,1-2H3;(H3,1,2,3,4). The van der Waals surface area contributed by atoms with E-state index in [9.17, 15) is 0 Å². The van der Waals surface area contributed by atoms with Crippen LogP contribution in [0.25, 0.3) is 0 Å². The van der Waals surface area contributed by atoms with Gasteiger partial charge in [-0.1, -0.05) is 78.6 Å². The van der Waals surface area contributed by atoms with Gasteiger partial charge in [-0.2, -0.15) is 7.82 Å². The number of aryl methyl sites for hydroxylation is 6. The van der Waals surface area contributed by atoms with Gasteiger partial charge in [-0.05, 0) is 19.3 Å². The summed E-state index contributed by atoms with van der Waals surface area (Å²) >= 11 is 0. The second kappa shape index (κ2) is 24.3. The molecule has 236 valence electrons. The van der Waals surface area contributed by atoms with Gasteiger partial charge < -0.3 is 19.2 Å². The fraction of sp³-hybridized carbons (Fsp3) is 0.700. The highest BCUT2D eigenvalue weighted by Gasteiger charge is 2.06. The van der Waals surface area contributed by atoms with Crippen LogP contribution in [0.2, 0.25) is 0 Å².